The molecule has 0 bridgehead atoms. The van der Waals surface area contributed by atoms with Gasteiger partial charge in [0.15, 0.2) is 5.17 Å². The number of anilines is 1. The molecular formula is C12H13Cl2N3OS. The highest BCUT2D eigenvalue weighted by Crippen LogP contribution is 2.26. The number of thioether (sulfide) groups is 1. The van der Waals surface area contributed by atoms with E-state index < -0.39 is 0 Å². The van der Waals surface area contributed by atoms with Gasteiger partial charge in [-0.25, -0.2) is 4.79 Å². The highest BCUT2D eigenvalue weighted by Gasteiger charge is 2.22. The Hall–Kier alpha value is -0.910. The second-order valence-electron chi connectivity index (χ2n) is 4.17. The number of carbonyl (C=O) groups excluding carboxylic acids is 1. The number of rotatable bonds is 1. The molecule has 0 radical (unpaired) electrons. The smallest absolute Gasteiger partial charge is 0.306 e. The molecule has 0 aliphatic carbocycles. The van der Waals surface area contributed by atoms with E-state index >= 15 is 0 Å². The van der Waals surface area contributed by atoms with E-state index in [2.05, 4.69) is 17.2 Å². The minimum Gasteiger partial charge on any atom is -0.306 e. The van der Waals surface area contributed by atoms with Gasteiger partial charge in [0, 0.05) is 17.3 Å². The summed E-state index contributed by atoms with van der Waals surface area (Å²) in [6, 6.07) is 4.66. The number of amidine groups is 1. The zero-order valence-corrected chi connectivity index (χ0v) is 12.8. The summed E-state index contributed by atoms with van der Waals surface area (Å²) >= 11 is 13.4. The summed E-state index contributed by atoms with van der Waals surface area (Å²) in [5.74, 6) is 0. The Labute approximate surface area is 126 Å². The van der Waals surface area contributed by atoms with E-state index in [1.165, 1.54) is 4.90 Å². The molecule has 1 aromatic carbocycles. The summed E-state index contributed by atoms with van der Waals surface area (Å²) in [6.45, 7) is 2.81. The van der Waals surface area contributed by atoms with Gasteiger partial charge in [0.1, 0.15) is 0 Å². The van der Waals surface area contributed by atoms with Crippen molar-refractivity contribution in [2.24, 2.45) is 4.99 Å². The van der Waals surface area contributed by atoms with E-state index in [0.717, 1.165) is 11.7 Å². The monoisotopic (exact) mass is 317 g/mol. The van der Waals surface area contributed by atoms with Gasteiger partial charge in [0.2, 0.25) is 0 Å². The maximum Gasteiger partial charge on any atom is 0.327 e. The zero-order valence-electron chi connectivity index (χ0n) is 10.5. The quantitative estimate of drug-likeness (QED) is 0.852. The number of amides is 2. The molecule has 102 valence electrons. The molecular weight excluding hydrogens is 305 g/mol. The molecule has 0 fully saturated rings. The van der Waals surface area contributed by atoms with E-state index in [0.29, 0.717) is 21.0 Å². The molecule has 0 saturated heterocycles. The van der Waals surface area contributed by atoms with Gasteiger partial charge in [-0.15, -0.1) is 0 Å². The van der Waals surface area contributed by atoms with Crippen LogP contribution in [0.15, 0.2) is 23.2 Å². The number of hydrogen-bond acceptors (Lipinski definition) is 3. The number of urea groups is 1. The van der Waals surface area contributed by atoms with Gasteiger partial charge in [-0.1, -0.05) is 41.9 Å². The molecule has 2 amide bonds. The van der Waals surface area contributed by atoms with Crippen molar-refractivity contribution >= 4 is 51.8 Å². The van der Waals surface area contributed by atoms with Crippen molar-refractivity contribution in [3.05, 3.63) is 28.2 Å². The number of halogens is 2. The maximum absolute atomic E-state index is 12.1. The molecule has 2 rings (SSSR count). The summed E-state index contributed by atoms with van der Waals surface area (Å²) in [4.78, 5) is 17.9. The molecule has 1 aromatic rings. The molecule has 19 heavy (non-hydrogen) atoms. The van der Waals surface area contributed by atoms with Gasteiger partial charge in [0.25, 0.3) is 0 Å². The van der Waals surface area contributed by atoms with Crippen molar-refractivity contribution in [3.63, 3.8) is 0 Å². The Morgan fingerprint density at radius 1 is 1.53 bits per heavy atom. The summed E-state index contributed by atoms with van der Waals surface area (Å²) < 4.78 is 0. The lowest BCUT2D eigenvalue weighted by Crippen LogP contribution is -2.34. The van der Waals surface area contributed by atoms with Gasteiger partial charge in [-0.2, -0.15) is 0 Å². The third-order valence-electron chi connectivity index (χ3n) is 2.55. The van der Waals surface area contributed by atoms with Crippen molar-refractivity contribution in [3.8, 4) is 0 Å². The minimum absolute atomic E-state index is 0.274. The SMILES string of the molecule is CC1CN=C(N(C)C(=O)Nc2ccc(Cl)cc2Cl)S1. The molecule has 1 aliphatic heterocycles. The van der Waals surface area contributed by atoms with Crippen molar-refractivity contribution in [1.29, 1.82) is 0 Å². The molecule has 4 nitrogen and oxygen atoms in total. The Morgan fingerprint density at radius 2 is 2.26 bits per heavy atom. The predicted octanol–water partition coefficient (Wildman–Crippen LogP) is 3.95. The van der Waals surface area contributed by atoms with Crippen LogP contribution in [-0.2, 0) is 0 Å². The van der Waals surface area contributed by atoms with Crippen LogP contribution in [0.25, 0.3) is 0 Å². The highest BCUT2D eigenvalue weighted by atomic mass is 35.5. The molecule has 7 heteroatoms. The molecule has 1 heterocycles. The van der Waals surface area contributed by atoms with Crippen molar-refractivity contribution < 1.29 is 4.79 Å². The van der Waals surface area contributed by atoms with Crippen LogP contribution < -0.4 is 5.32 Å². The normalized spacial score (nSPS) is 18.1. The van der Waals surface area contributed by atoms with Crippen molar-refractivity contribution in [1.82, 2.24) is 4.90 Å². The predicted molar refractivity (Wildman–Crippen MR) is 82.6 cm³/mol. The number of carbonyl (C=O) groups is 1. The lowest BCUT2D eigenvalue weighted by atomic mass is 10.3. The van der Waals surface area contributed by atoms with Gasteiger partial charge in [0.05, 0.1) is 17.3 Å². The van der Waals surface area contributed by atoms with Gasteiger partial charge < -0.3 is 5.32 Å². The molecule has 0 aromatic heterocycles. The Kier molecular flexibility index (Phi) is 4.60. The zero-order chi connectivity index (χ0) is 14.0. The fourth-order valence-electron chi connectivity index (χ4n) is 1.52. The summed E-state index contributed by atoms with van der Waals surface area (Å²) in [6.07, 6.45) is 0. The van der Waals surface area contributed by atoms with Crippen molar-refractivity contribution in [2.45, 2.75) is 12.2 Å². The van der Waals surface area contributed by atoms with Gasteiger partial charge in [-0.3, -0.25) is 9.89 Å². The number of nitrogens with zero attached hydrogens (tertiary/aromatic N) is 2. The first kappa shape index (κ1) is 14.5. The molecule has 0 spiro atoms. The van der Waals surface area contributed by atoms with Crippen LogP contribution in [-0.4, -0.2) is 34.9 Å². The topological polar surface area (TPSA) is 44.7 Å². The second-order valence-corrected chi connectivity index (χ2v) is 6.41. The fraction of sp³-hybridized carbons (Fsp3) is 0.333. The third kappa shape index (κ3) is 3.55. The van der Waals surface area contributed by atoms with Crippen LogP contribution in [0.5, 0.6) is 0 Å². The number of benzene rings is 1. The van der Waals surface area contributed by atoms with Crippen molar-refractivity contribution in [2.75, 3.05) is 18.9 Å². The lowest BCUT2D eigenvalue weighted by Gasteiger charge is -2.18. The lowest BCUT2D eigenvalue weighted by molar-refractivity contribution is 0.239. The second kappa shape index (κ2) is 6.03. The largest absolute Gasteiger partial charge is 0.327 e. The first-order valence-corrected chi connectivity index (χ1v) is 7.32. The number of hydrogen-bond donors (Lipinski definition) is 1. The molecule has 0 saturated carbocycles. The van der Waals surface area contributed by atoms with E-state index in [1.54, 1.807) is 37.0 Å². The first-order chi connectivity index (χ1) is 8.97. The Morgan fingerprint density at radius 3 is 2.84 bits per heavy atom. The summed E-state index contributed by atoms with van der Waals surface area (Å²) in [5, 5.41) is 4.79. The maximum atomic E-state index is 12.1. The standard InChI is InChI=1S/C12H13Cl2N3OS/c1-7-6-15-12(19-7)17(2)11(18)16-10-4-3-8(13)5-9(10)14/h3-5,7H,6H2,1-2H3,(H,16,18). The Balaban J connectivity index is 2.04. The Bertz CT molecular complexity index is 536. The molecule has 1 atom stereocenters. The van der Waals surface area contributed by atoms with Crippen LogP contribution in [0, 0.1) is 0 Å². The first-order valence-electron chi connectivity index (χ1n) is 5.68. The minimum atomic E-state index is -0.274. The highest BCUT2D eigenvalue weighted by molar-refractivity contribution is 8.14. The summed E-state index contributed by atoms with van der Waals surface area (Å²) in [5.41, 5.74) is 0.527. The van der Waals surface area contributed by atoms with Crippen LogP contribution in [0.2, 0.25) is 10.0 Å². The van der Waals surface area contributed by atoms with E-state index in [1.807, 2.05) is 0 Å². The third-order valence-corrected chi connectivity index (χ3v) is 4.27. The average Bonchev–Trinajstić information content (AvgIpc) is 2.78. The summed E-state index contributed by atoms with van der Waals surface area (Å²) in [7, 11) is 1.68. The van der Waals surface area contributed by atoms with Crippen LogP contribution in [0.1, 0.15) is 6.92 Å². The van der Waals surface area contributed by atoms with E-state index in [-0.39, 0.29) is 6.03 Å². The van der Waals surface area contributed by atoms with Crippen LogP contribution in [0.4, 0.5) is 10.5 Å². The molecule has 1 aliphatic rings. The van der Waals surface area contributed by atoms with Crippen LogP contribution in [0.3, 0.4) is 0 Å². The van der Waals surface area contributed by atoms with E-state index in [4.69, 9.17) is 23.2 Å². The average molecular weight is 318 g/mol. The molecule has 1 N–H and O–H groups in total. The van der Waals surface area contributed by atoms with Crippen LogP contribution >= 0.6 is 35.0 Å². The van der Waals surface area contributed by atoms with Gasteiger partial charge >= 0.3 is 6.03 Å². The number of nitrogens with one attached hydrogen (secondary N) is 1. The molecule has 1 unspecified atom stereocenters. The fourth-order valence-corrected chi connectivity index (χ4v) is 2.88. The van der Waals surface area contributed by atoms with Gasteiger partial charge in [-0.05, 0) is 18.2 Å². The van der Waals surface area contributed by atoms with E-state index in [9.17, 15) is 4.79 Å². The number of aliphatic imine (C=N–C) groups is 1.